The first kappa shape index (κ1) is 13.8. The molecule has 0 atom stereocenters. The molecule has 0 spiro atoms. The molecular formula is C11H14BrNO4S. The number of hydrogen-bond donors (Lipinski definition) is 2. The molecule has 0 heterocycles. The van der Waals surface area contributed by atoms with Gasteiger partial charge in [-0.2, -0.15) is 0 Å². The van der Waals surface area contributed by atoms with Crippen molar-refractivity contribution in [2.24, 2.45) is 0 Å². The van der Waals surface area contributed by atoms with Gasteiger partial charge in [0.2, 0.25) is 10.0 Å². The first-order valence-corrected chi connectivity index (χ1v) is 7.68. The van der Waals surface area contributed by atoms with E-state index in [0.29, 0.717) is 17.3 Å². The molecule has 5 nitrogen and oxygen atoms in total. The number of nitrogens with one attached hydrogen (secondary N) is 1. The van der Waals surface area contributed by atoms with Gasteiger partial charge < -0.3 is 9.84 Å². The number of ether oxygens (including phenoxy) is 1. The molecule has 1 aliphatic rings. The maximum Gasteiger partial charge on any atom is 0.244 e. The summed E-state index contributed by atoms with van der Waals surface area (Å²) < 4.78 is 32.7. The van der Waals surface area contributed by atoms with Crippen molar-refractivity contribution < 1.29 is 18.3 Å². The van der Waals surface area contributed by atoms with Crippen LogP contribution in [0.25, 0.3) is 0 Å². The van der Waals surface area contributed by atoms with Gasteiger partial charge in [0, 0.05) is 4.47 Å². The Labute approximate surface area is 114 Å². The first-order chi connectivity index (χ1) is 8.42. The Morgan fingerprint density at radius 1 is 1.50 bits per heavy atom. The van der Waals surface area contributed by atoms with E-state index in [-0.39, 0.29) is 17.3 Å². The minimum atomic E-state index is -3.70. The maximum absolute atomic E-state index is 12.3. The Kier molecular flexibility index (Phi) is 3.68. The van der Waals surface area contributed by atoms with E-state index in [9.17, 15) is 13.5 Å². The topological polar surface area (TPSA) is 75.6 Å². The molecule has 100 valence electrons. The van der Waals surface area contributed by atoms with Gasteiger partial charge in [-0.15, -0.1) is 0 Å². The molecule has 1 aromatic carbocycles. The van der Waals surface area contributed by atoms with Crippen LogP contribution >= 0.6 is 15.9 Å². The highest BCUT2D eigenvalue weighted by molar-refractivity contribution is 9.10. The third kappa shape index (κ3) is 2.69. The van der Waals surface area contributed by atoms with Gasteiger partial charge in [0.25, 0.3) is 0 Å². The fourth-order valence-corrected chi connectivity index (χ4v) is 3.80. The largest absolute Gasteiger partial charge is 0.495 e. The zero-order valence-electron chi connectivity index (χ0n) is 9.81. The van der Waals surface area contributed by atoms with E-state index in [1.165, 1.54) is 13.2 Å². The smallest absolute Gasteiger partial charge is 0.244 e. The summed E-state index contributed by atoms with van der Waals surface area (Å²) >= 11 is 3.23. The van der Waals surface area contributed by atoms with Crippen molar-refractivity contribution in [3.05, 3.63) is 22.7 Å². The second-order valence-electron chi connectivity index (χ2n) is 4.34. The minimum Gasteiger partial charge on any atom is -0.495 e. The molecule has 1 saturated carbocycles. The van der Waals surface area contributed by atoms with Crippen LogP contribution in [0.4, 0.5) is 0 Å². The van der Waals surface area contributed by atoms with Crippen molar-refractivity contribution in [3.63, 3.8) is 0 Å². The summed E-state index contributed by atoms with van der Waals surface area (Å²) in [4.78, 5) is 0.0686. The van der Waals surface area contributed by atoms with E-state index in [1.807, 2.05) is 0 Å². The fourth-order valence-electron chi connectivity index (χ4n) is 1.64. The zero-order chi connectivity index (χ0) is 13.4. The molecule has 0 saturated heterocycles. The first-order valence-electron chi connectivity index (χ1n) is 5.41. The third-order valence-electron chi connectivity index (χ3n) is 2.92. The highest BCUT2D eigenvalue weighted by Crippen LogP contribution is 2.37. The highest BCUT2D eigenvalue weighted by Gasteiger charge is 2.46. The number of benzene rings is 1. The molecule has 1 fully saturated rings. The molecule has 18 heavy (non-hydrogen) atoms. The lowest BCUT2D eigenvalue weighted by Crippen LogP contribution is -2.39. The van der Waals surface area contributed by atoms with Crippen molar-refractivity contribution >= 4 is 26.0 Å². The zero-order valence-corrected chi connectivity index (χ0v) is 12.2. The van der Waals surface area contributed by atoms with E-state index in [2.05, 4.69) is 20.7 Å². The minimum absolute atomic E-state index is 0.0686. The van der Waals surface area contributed by atoms with E-state index in [1.54, 1.807) is 12.1 Å². The Bertz CT molecular complexity index is 554. The molecule has 1 aromatic rings. The van der Waals surface area contributed by atoms with Crippen LogP contribution in [0.15, 0.2) is 27.6 Å². The summed E-state index contributed by atoms with van der Waals surface area (Å²) in [6.07, 6.45) is 1.30. The highest BCUT2D eigenvalue weighted by atomic mass is 79.9. The lowest BCUT2D eigenvalue weighted by Gasteiger charge is -2.16. The molecule has 0 amide bonds. The van der Waals surface area contributed by atoms with Crippen LogP contribution < -0.4 is 9.46 Å². The predicted octanol–water partition coefficient (Wildman–Crippen LogP) is 1.26. The molecule has 0 aliphatic heterocycles. The quantitative estimate of drug-likeness (QED) is 0.849. The summed E-state index contributed by atoms with van der Waals surface area (Å²) in [7, 11) is -2.28. The number of rotatable bonds is 5. The summed E-state index contributed by atoms with van der Waals surface area (Å²) in [5, 5.41) is 9.18. The van der Waals surface area contributed by atoms with Crippen LogP contribution in [0.5, 0.6) is 5.75 Å². The molecule has 0 unspecified atom stereocenters. The maximum atomic E-state index is 12.3. The van der Waals surface area contributed by atoms with Gasteiger partial charge >= 0.3 is 0 Å². The summed E-state index contributed by atoms with van der Waals surface area (Å²) in [5.41, 5.74) is -0.688. The SMILES string of the molecule is COc1ccc(Br)cc1S(=O)(=O)NC1(CO)CC1. The molecule has 0 bridgehead atoms. The van der Waals surface area contributed by atoms with Crippen molar-refractivity contribution in [1.29, 1.82) is 0 Å². The van der Waals surface area contributed by atoms with E-state index in [4.69, 9.17) is 4.74 Å². The number of halogens is 1. The Morgan fingerprint density at radius 3 is 2.67 bits per heavy atom. The van der Waals surface area contributed by atoms with Gasteiger partial charge in [-0.05, 0) is 31.0 Å². The van der Waals surface area contributed by atoms with Gasteiger partial charge in [0.1, 0.15) is 10.6 Å². The molecule has 1 aliphatic carbocycles. The van der Waals surface area contributed by atoms with Crippen LogP contribution in [0.3, 0.4) is 0 Å². The van der Waals surface area contributed by atoms with E-state index in [0.717, 1.165) is 0 Å². The number of aliphatic hydroxyl groups is 1. The van der Waals surface area contributed by atoms with E-state index < -0.39 is 15.6 Å². The normalized spacial score (nSPS) is 17.5. The molecular weight excluding hydrogens is 322 g/mol. The average molecular weight is 336 g/mol. The molecule has 0 radical (unpaired) electrons. The van der Waals surface area contributed by atoms with Crippen LogP contribution in [-0.4, -0.2) is 32.8 Å². The lowest BCUT2D eigenvalue weighted by molar-refractivity contribution is 0.246. The van der Waals surface area contributed by atoms with Crippen molar-refractivity contribution in [3.8, 4) is 5.75 Å². The summed E-state index contributed by atoms with van der Waals surface area (Å²) in [6.45, 7) is -0.192. The molecule has 2 rings (SSSR count). The van der Waals surface area contributed by atoms with Crippen molar-refractivity contribution in [1.82, 2.24) is 4.72 Å². The summed E-state index contributed by atoms with van der Waals surface area (Å²) in [6, 6.07) is 4.77. The molecule has 7 heteroatoms. The monoisotopic (exact) mass is 335 g/mol. The van der Waals surface area contributed by atoms with Crippen LogP contribution in [0.2, 0.25) is 0 Å². The lowest BCUT2D eigenvalue weighted by atomic mass is 10.3. The number of aliphatic hydroxyl groups excluding tert-OH is 1. The van der Waals surface area contributed by atoms with Gasteiger partial charge in [-0.1, -0.05) is 15.9 Å². The van der Waals surface area contributed by atoms with Crippen LogP contribution in [0.1, 0.15) is 12.8 Å². The van der Waals surface area contributed by atoms with Gasteiger partial charge in [0.05, 0.1) is 19.3 Å². The Morgan fingerprint density at radius 2 is 2.17 bits per heavy atom. The number of methoxy groups -OCH3 is 1. The third-order valence-corrected chi connectivity index (χ3v) is 5.02. The Balaban J connectivity index is 2.37. The second-order valence-corrected chi connectivity index (χ2v) is 6.91. The standard InChI is InChI=1S/C11H14BrNO4S/c1-17-9-3-2-8(12)6-10(9)18(15,16)13-11(7-14)4-5-11/h2-3,6,13-14H,4-5,7H2,1H3. The number of hydrogen-bond acceptors (Lipinski definition) is 4. The van der Waals surface area contributed by atoms with Crippen LogP contribution in [-0.2, 0) is 10.0 Å². The van der Waals surface area contributed by atoms with Crippen LogP contribution in [0, 0.1) is 0 Å². The average Bonchev–Trinajstić information content (AvgIpc) is 3.09. The Hall–Kier alpha value is -0.630. The van der Waals surface area contributed by atoms with Gasteiger partial charge in [-0.3, -0.25) is 0 Å². The predicted molar refractivity (Wildman–Crippen MR) is 70.1 cm³/mol. The second kappa shape index (κ2) is 4.80. The van der Waals surface area contributed by atoms with E-state index >= 15 is 0 Å². The van der Waals surface area contributed by atoms with Crippen molar-refractivity contribution in [2.45, 2.75) is 23.3 Å². The van der Waals surface area contributed by atoms with Gasteiger partial charge in [-0.25, -0.2) is 13.1 Å². The molecule has 2 N–H and O–H groups in total. The fraction of sp³-hybridized carbons (Fsp3) is 0.455. The van der Waals surface area contributed by atoms with Crippen molar-refractivity contribution in [2.75, 3.05) is 13.7 Å². The molecule has 0 aromatic heterocycles. The number of sulfonamides is 1. The summed E-state index contributed by atoms with van der Waals surface area (Å²) in [5.74, 6) is 0.277. The van der Waals surface area contributed by atoms with Gasteiger partial charge in [0.15, 0.2) is 0 Å².